The van der Waals surface area contributed by atoms with Gasteiger partial charge in [-0.15, -0.1) is 0 Å². The van der Waals surface area contributed by atoms with Gasteiger partial charge in [-0.05, 0) is 61.5 Å². The number of aromatic nitrogens is 1. The first-order valence-electron chi connectivity index (χ1n) is 6.92. The molecule has 0 saturated heterocycles. The zero-order valence-corrected chi connectivity index (χ0v) is 10.6. The summed E-state index contributed by atoms with van der Waals surface area (Å²) in [5.41, 5.74) is 1.73. The SMILES string of the molecule is Cc1ccnc(NC2C3C4CCC(C4)C23)c1C#N. The average molecular weight is 239 g/mol. The Labute approximate surface area is 107 Å². The van der Waals surface area contributed by atoms with Gasteiger partial charge in [0.1, 0.15) is 11.9 Å². The fraction of sp³-hybridized carbons (Fsp3) is 0.600. The molecular formula is C15H17N3. The van der Waals surface area contributed by atoms with Crippen LogP contribution in [0.2, 0.25) is 0 Å². The number of hydrogen-bond acceptors (Lipinski definition) is 3. The van der Waals surface area contributed by atoms with E-state index in [0.717, 1.165) is 40.6 Å². The number of rotatable bonds is 2. The van der Waals surface area contributed by atoms with E-state index in [-0.39, 0.29) is 0 Å². The Kier molecular flexibility index (Phi) is 2.00. The van der Waals surface area contributed by atoms with Crippen LogP contribution in [0.4, 0.5) is 5.82 Å². The van der Waals surface area contributed by atoms with Crippen LogP contribution in [0.5, 0.6) is 0 Å². The van der Waals surface area contributed by atoms with Crippen LogP contribution in [0, 0.1) is 41.9 Å². The van der Waals surface area contributed by atoms with Crippen LogP contribution in [-0.4, -0.2) is 11.0 Å². The van der Waals surface area contributed by atoms with Crippen molar-refractivity contribution in [1.29, 1.82) is 5.26 Å². The second kappa shape index (κ2) is 3.47. The molecule has 4 unspecified atom stereocenters. The first-order valence-corrected chi connectivity index (χ1v) is 6.92. The fourth-order valence-corrected chi connectivity index (χ4v) is 4.49. The third-order valence-electron chi connectivity index (χ3n) is 5.31. The molecule has 18 heavy (non-hydrogen) atoms. The highest BCUT2D eigenvalue weighted by Crippen LogP contribution is 2.66. The first-order chi connectivity index (χ1) is 8.79. The Bertz CT molecular complexity index is 529. The fourth-order valence-electron chi connectivity index (χ4n) is 4.49. The third-order valence-corrected chi connectivity index (χ3v) is 5.31. The number of nitrogens with one attached hydrogen (secondary N) is 1. The van der Waals surface area contributed by atoms with Crippen LogP contribution < -0.4 is 5.32 Å². The minimum Gasteiger partial charge on any atom is -0.366 e. The van der Waals surface area contributed by atoms with Crippen molar-refractivity contribution in [2.24, 2.45) is 23.7 Å². The van der Waals surface area contributed by atoms with Crippen LogP contribution in [0.3, 0.4) is 0 Å². The summed E-state index contributed by atoms with van der Waals surface area (Å²) in [6.45, 7) is 1.98. The standard InChI is InChI=1S/C15H17N3/c1-8-4-5-17-15(11(8)7-16)18-14-12-9-2-3-10(6-9)13(12)14/h4-5,9-10,12-14H,2-3,6H2,1H3,(H,17,18). The molecule has 92 valence electrons. The van der Waals surface area contributed by atoms with Gasteiger partial charge in [-0.25, -0.2) is 4.98 Å². The highest BCUT2D eigenvalue weighted by atomic mass is 15.1. The molecule has 1 aromatic heterocycles. The van der Waals surface area contributed by atoms with Crippen LogP contribution in [0.1, 0.15) is 30.4 Å². The van der Waals surface area contributed by atoms with E-state index in [0.29, 0.717) is 6.04 Å². The van der Waals surface area contributed by atoms with Gasteiger partial charge in [0.2, 0.25) is 0 Å². The van der Waals surface area contributed by atoms with Gasteiger partial charge >= 0.3 is 0 Å². The lowest BCUT2D eigenvalue weighted by atomic mass is 10.0. The van der Waals surface area contributed by atoms with E-state index < -0.39 is 0 Å². The Morgan fingerprint density at radius 3 is 2.72 bits per heavy atom. The van der Waals surface area contributed by atoms with Crippen molar-refractivity contribution in [3.05, 3.63) is 23.4 Å². The Balaban J connectivity index is 1.58. The summed E-state index contributed by atoms with van der Waals surface area (Å²) in [7, 11) is 0. The molecule has 1 N–H and O–H groups in total. The number of fused-ring (bicyclic) bond motifs is 5. The number of aryl methyl sites for hydroxylation is 1. The molecule has 0 radical (unpaired) electrons. The molecule has 4 atom stereocenters. The van der Waals surface area contributed by atoms with Crippen molar-refractivity contribution in [3.63, 3.8) is 0 Å². The molecule has 3 nitrogen and oxygen atoms in total. The Hall–Kier alpha value is -1.56. The summed E-state index contributed by atoms with van der Waals surface area (Å²) in [5, 5.41) is 12.8. The highest BCUT2D eigenvalue weighted by molar-refractivity contribution is 5.57. The van der Waals surface area contributed by atoms with Crippen LogP contribution >= 0.6 is 0 Å². The molecule has 3 aliphatic rings. The van der Waals surface area contributed by atoms with Crippen LogP contribution in [-0.2, 0) is 0 Å². The molecule has 0 aromatic carbocycles. The number of anilines is 1. The van der Waals surface area contributed by atoms with E-state index in [1.165, 1.54) is 19.3 Å². The van der Waals surface area contributed by atoms with E-state index in [4.69, 9.17) is 0 Å². The predicted octanol–water partition coefficient (Wildman–Crippen LogP) is 2.72. The summed E-state index contributed by atoms with van der Waals surface area (Å²) in [6.07, 6.45) is 6.11. The van der Waals surface area contributed by atoms with Crippen molar-refractivity contribution in [1.82, 2.24) is 4.98 Å². The molecule has 3 saturated carbocycles. The lowest BCUT2D eigenvalue weighted by Gasteiger charge is -2.12. The van der Waals surface area contributed by atoms with Gasteiger partial charge in [0.05, 0.1) is 5.56 Å². The second-order valence-electron chi connectivity index (χ2n) is 6.12. The van der Waals surface area contributed by atoms with Gasteiger partial charge in [-0.2, -0.15) is 5.26 Å². The van der Waals surface area contributed by atoms with Crippen molar-refractivity contribution in [2.45, 2.75) is 32.2 Å². The molecule has 1 aromatic rings. The van der Waals surface area contributed by atoms with Crippen LogP contribution in [0.15, 0.2) is 12.3 Å². The molecule has 3 heteroatoms. The lowest BCUT2D eigenvalue weighted by molar-refractivity contribution is 0.456. The number of hydrogen-bond donors (Lipinski definition) is 1. The number of pyridine rings is 1. The number of nitriles is 1. The maximum absolute atomic E-state index is 9.22. The average Bonchev–Trinajstić information content (AvgIpc) is 2.78. The summed E-state index contributed by atoms with van der Waals surface area (Å²) in [4.78, 5) is 4.35. The molecule has 0 aliphatic heterocycles. The van der Waals surface area contributed by atoms with Gasteiger partial charge in [0.15, 0.2) is 0 Å². The topological polar surface area (TPSA) is 48.7 Å². The van der Waals surface area contributed by atoms with E-state index in [1.807, 2.05) is 13.0 Å². The van der Waals surface area contributed by atoms with E-state index in [9.17, 15) is 5.26 Å². The monoisotopic (exact) mass is 239 g/mol. The Morgan fingerprint density at radius 2 is 2.06 bits per heavy atom. The van der Waals surface area contributed by atoms with Crippen molar-refractivity contribution < 1.29 is 0 Å². The summed E-state index contributed by atoms with van der Waals surface area (Å²) in [6, 6.07) is 4.77. The molecule has 3 fully saturated rings. The van der Waals surface area contributed by atoms with Gasteiger partial charge in [-0.1, -0.05) is 0 Å². The van der Waals surface area contributed by atoms with E-state index in [1.54, 1.807) is 6.20 Å². The molecule has 4 rings (SSSR count). The summed E-state index contributed by atoms with van der Waals surface area (Å²) < 4.78 is 0. The smallest absolute Gasteiger partial charge is 0.144 e. The summed E-state index contributed by atoms with van der Waals surface area (Å²) >= 11 is 0. The quantitative estimate of drug-likeness (QED) is 0.863. The zero-order chi connectivity index (χ0) is 12.3. The zero-order valence-electron chi connectivity index (χ0n) is 10.6. The maximum atomic E-state index is 9.22. The highest BCUT2D eigenvalue weighted by Gasteiger charge is 2.65. The van der Waals surface area contributed by atoms with Crippen molar-refractivity contribution >= 4 is 5.82 Å². The lowest BCUT2D eigenvalue weighted by Crippen LogP contribution is -2.14. The van der Waals surface area contributed by atoms with E-state index >= 15 is 0 Å². The third kappa shape index (κ3) is 1.26. The van der Waals surface area contributed by atoms with Crippen LogP contribution in [0.25, 0.3) is 0 Å². The molecule has 0 amide bonds. The molecule has 3 aliphatic carbocycles. The van der Waals surface area contributed by atoms with Crippen molar-refractivity contribution in [2.75, 3.05) is 5.32 Å². The molecule has 1 heterocycles. The van der Waals surface area contributed by atoms with Gasteiger partial charge < -0.3 is 5.32 Å². The summed E-state index contributed by atoms with van der Waals surface area (Å²) in [5.74, 6) is 4.45. The second-order valence-corrected chi connectivity index (χ2v) is 6.12. The van der Waals surface area contributed by atoms with Gasteiger partial charge in [0, 0.05) is 12.2 Å². The van der Waals surface area contributed by atoms with E-state index in [2.05, 4.69) is 16.4 Å². The number of nitrogens with zero attached hydrogens (tertiary/aromatic N) is 2. The minimum absolute atomic E-state index is 0.595. The largest absolute Gasteiger partial charge is 0.366 e. The maximum Gasteiger partial charge on any atom is 0.144 e. The molecule has 0 spiro atoms. The van der Waals surface area contributed by atoms with Crippen molar-refractivity contribution in [3.8, 4) is 6.07 Å². The normalized spacial score (nSPS) is 39.2. The predicted molar refractivity (Wildman–Crippen MR) is 68.9 cm³/mol. The molecule has 2 bridgehead atoms. The van der Waals surface area contributed by atoms with Gasteiger partial charge in [-0.3, -0.25) is 0 Å². The molecular weight excluding hydrogens is 222 g/mol. The minimum atomic E-state index is 0.595. The van der Waals surface area contributed by atoms with Gasteiger partial charge in [0.25, 0.3) is 0 Å². The Morgan fingerprint density at radius 1 is 1.33 bits per heavy atom. The first kappa shape index (κ1) is 10.4.